The Bertz CT molecular complexity index is 3320. The summed E-state index contributed by atoms with van der Waals surface area (Å²) in [4.78, 5) is 2.45. The normalized spacial score (nSPS) is 14.4. The van der Waals surface area contributed by atoms with Gasteiger partial charge in [0.15, 0.2) is 0 Å². The van der Waals surface area contributed by atoms with Crippen LogP contribution in [0.3, 0.4) is 0 Å². The predicted octanol–water partition coefficient (Wildman–Crippen LogP) is 14.8. The van der Waals surface area contributed by atoms with Gasteiger partial charge in [-0.05, 0) is 112 Å². The Labute approximate surface area is 345 Å². The zero-order valence-electron chi connectivity index (χ0n) is 33.7. The Hall–Kier alpha value is -7.10. The van der Waals surface area contributed by atoms with E-state index in [1.165, 1.54) is 88.7 Å². The smallest absolute Gasteiger partial charge is 0.0585 e. The zero-order chi connectivity index (χ0) is 39.6. The van der Waals surface area contributed by atoms with Crippen molar-refractivity contribution in [2.45, 2.75) is 38.5 Å². The van der Waals surface area contributed by atoms with Gasteiger partial charge in [0.2, 0.25) is 0 Å². The number of benzene rings is 8. The minimum Gasteiger partial charge on any atom is -0.310 e. The summed E-state index contributed by atoms with van der Waals surface area (Å²) in [5, 5.41) is 3.78. The lowest BCUT2D eigenvalue weighted by Crippen LogP contribution is -2.17. The number of hydrogen-bond donors (Lipinski definition) is 0. The molecule has 12 rings (SSSR count). The van der Waals surface area contributed by atoms with E-state index in [4.69, 9.17) is 0 Å². The number of anilines is 3. The average molecular weight is 758 g/mol. The minimum atomic E-state index is -0.206. The molecule has 0 radical (unpaired) electrons. The van der Waals surface area contributed by atoms with Gasteiger partial charge in [0.05, 0.1) is 22.2 Å². The molecule has 0 spiro atoms. The highest BCUT2D eigenvalue weighted by Crippen LogP contribution is 2.55. The molecule has 282 valence electrons. The first-order valence-electron chi connectivity index (χ1n) is 20.8. The molecule has 2 aromatic heterocycles. The third kappa shape index (κ3) is 4.70. The number of fused-ring (bicyclic) bond motifs is 11. The zero-order valence-corrected chi connectivity index (χ0v) is 33.7. The van der Waals surface area contributed by atoms with Crippen LogP contribution in [0.25, 0.3) is 66.5 Å². The largest absolute Gasteiger partial charge is 0.310 e. The topological polar surface area (TPSA) is 13.1 Å². The van der Waals surface area contributed by atoms with Crippen LogP contribution in [0.15, 0.2) is 188 Å². The molecule has 0 aliphatic heterocycles. The van der Waals surface area contributed by atoms with E-state index in [1.807, 2.05) is 0 Å². The molecular formula is C56H43N3. The fraction of sp³-hybridized carbons (Fsp3) is 0.107. The highest BCUT2D eigenvalue weighted by atomic mass is 15.1. The molecule has 3 heteroatoms. The maximum absolute atomic E-state index is 2.54. The molecule has 0 bridgehead atoms. The summed E-state index contributed by atoms with van der Waals surface area (Å²) in [6, 6.07) is 69.6. The molecule has 3 nitrogen and oxygen atoms in total. The molecule has 0 N–H and O–H groups in total. The third-order valence-electron chi connectivity index (χ3n) is 13.5. The van der Waals surface area contributed by atoms with Crippen LogP contribution in [-0.2, 0) is 10.8 Å². The lowest BCUT2D eigenvalue weighted by molar-refractivity contribution is 0.660. The van der Waals surface area contributed by atoms with Crippen LogP contribution in [0.1, 0.15) is 49.9 Å². The molecule has 2 aliphatic rings. The number of nitrogens with zero attached hydrogens (tertiary/aromatic N) is 3. The van der Waals surface area contributed by atoms with E-state index in [2.05, 4.69) is 230 Å². The van der Waals surface area contributed by atoms with Crippen LogP contribution < -0.4 is 4.90 Å². The number of hydrogen-bond acceptors (Lipinski definition) is 1. The Balaban J connectivity index is 1.10. The van der Waals surface area contributed by atoms with Gasteiger partial charge in [-0.1, -0.05) is 137 Å². The van der Waals surface area contributed by atoms with Crippen molar-refractivity contribution in [3.8, 4) is 33.8 Å². The van der Waals surface area contributed by atoms with Crippen LogP contribution in [0, 0.1) is 0 Å². The highest BCUT2D eigenvalue weighted by Gasteiger charge is 2.41. The first-order chi connectivity index (χ1) is 28.8. The van der Waals surface area contributed by atoms with Gasteiger partial charge in [0.25, 0.3) is 0 Å². The SMILES string of the molecule is CC1(C)c2ccccc2-c2ccc(N(c3ccccc3)c3ccc4c(c3)c3c(n4-c4ccc5c(c4)c4ccccc4n5-c4ccccc4)-c4ccccc4C3(C)C)cc21. The van der Waals surface area contributed by atoms with Crippen LogP contribution in [0.5, 0.6) is 0 Å². The van der Waals surface area contributed by atoms with Crippen molar-refractivity contribution in [1.29, 1.82) is 0 Å². The van der Waals surface area contributed by atoms with Gasteiger partial charge in [-0.15, -0.1) is 0 Å². The quantitative estimate of drug-likeness (QED) is 0.170. The first-order valence-corrected chi connectivity index (χ1v) is 20.8. The second-order valence-electron chi connectivity index (χ2n) is 17.4. The molecular weight excluding hydrogens is 715 g/mol. The Kier molecular flexibility index (Phi) is 7.03. The monoisotopic (exact) mass is 757 g/mol. The van der Waals surface area contributed by atoms with E-state index < -0.39 is 0 Å². The Morgan fingerprint density at radius 2 is 0.932 bits per heavy atom. The van der Waals surface area contributed by atoms with Crippen molar-refractivity contribution in [1.82, 2.24) is 9.13 Å². The molecule has 0 amide bonds. The predicted molar refractivity (Wildman–Crippen MR) is 247 cm³/mol. The van der Waals surface area contributed by atoms with E-state index in [0.717, 1.165) is 17.1 Å². The van der Waals surface area contributed by atoms with E-state index in [0.29, 0.717) is 0 Å². The van der Waals surface area contributed by atoms with Crippen LogP contribution in [0.2, 0.25) is 0 Å². The minimum absolute atomic E-state index is 0.101. The molecule has 0 atom stereocenters. The lowest BCUT2D eigenvalue weighted by atomic mass is 9.81. The fourth-order valence-corrected chi connectivity index (χ4v) is 10.8. The fourth-order valence-electron chi connectivity index (χ4n) is 10.8. The van der Waals surface area contributed by atoms with Gasteiger partial charge < -0.3 is 14.0 Å². The lowest BCUT2D eigenvalue weighted by Gasteiger charge is -2.28. The molecule has 10 aromatic rings. The standard InChI is InChI=1S/C56H43N3/c1-55(2)47-24-14-11-21-41(47)42-30-27-40(35-49(42)55)57(36-17-7-5-8-18-36)38-28-32-52-46(34-38)53-54(44-23-12-15-25-48(44)56(53,3)4)59(52)39-29-31-51-45(33-39)43-22-13-16-26-50(43)58(51)37-19-9-6-10-20-37/h5-35H,1-4H3. The molecule has 59 heavy (non-hydrogen) atoms. The summed E-state index contributed by atoms with van der Waals surface area (Å²) in [6.45, 7) is 9.53. The molecule has 0 saturated carbocycles. The van der Waals surface area contributed by atoms with Gasteiger partial charge in [-0.2, -0.15) is 0 Å². The molecule has 0 unspecified atom stereocenters. The van der Waals surface area contributed by atoms with Gasteiger partial charge >= 0.3 is 0 Å². The van der Waals surface area contributed by atoms with E-state index in [1.54, 1.807) is 0 Å². The second-order valence-corrected chi connectivity index (χ2v) is 17.4. The van der Waals surface area contributed by atoms with Crippen LogP contribution >= 0.6 is 0 Å². The molecule has 2 aliphatic carbocycles. The van der Waals surface area contributed by atoms with Gasteiger partial charge in [0, 0.05) is 61.0 Å². The molecule has 8 aromatic carbocycles. The van der Waals surface area contributed by atoms with Gasteiger partial charge in [-0.25, -0.2) is 0 Å². The van der Waals surface area contributed by atoms with Crippen molar-refractivity contribution in [3.63, 3.8) is 0 Å². The molecule has 2 heterocycles. The first kappa shape index (κ1) is 34.0. The van der Waals surface area contributed by atoms with Gasteiger partial charge in [-0.3, -0.25) is 0 Å². The third-order valence-corrected chi connectivity index (χ3v) is 13.5. The maximum atomic E-state index is 2.54. The Morgan fingerprint density at radius 1 is 0.356 bits per heavy atom. The van der Waals surface area contributed by atoms with Crippen molar-refractivity contribution in [2.75, 3.05) is 4.90 Å². The van der Waals surface area contributed by atoms with Crippen molar-refractivity contribution in [3.05, 3.63) is 210 Å². The molecule has 0 fully saturated rings. The van der Waals surface area contributed by atoms with Gasteiger partial charge in [0.1, 0.15) is 0 Å². The van der Waals surface area contributed by atoms with E-state index in [-0.39, 0.29) is 10.8 Å². The second kappa shape index (κ2) is 12.2. The summed E-state index contributed by atoms with van der Waals surface area (Å²) in [7, 11) is 0. The van der Waals surface area contributed by atoms with E-state index >= 15 is 0 Å². The maximum Gasteiger partial charge on any atom is 0.0585 e. The summed E-state index contributed by atoms with van der Waals surface area (Å²) in [5.74, 6) is 0. The summed E-state index contributed by atoms with van der Waals surface area (Å²) in [5.41, 5.74) is 19.9. The number of aromatic nitrogens is 2. The summed E-state index contributed by atoms with van der Waals surface area (Å²) < 4.78 is 4.94. The van der Waals surface area contributed by atoms with E-state index in [9.17, 15) is 0 Å². The molecule has 0 saturated heterocycles. The highest BCUT2D eigenvalue weighted by molar-refractivity contribution is 6.10. The number of para-hydroxylation sites is 3. The summed E-state index contributed by atoms with van der Waals surface area (Å²) >= 11 is 0. The van der Waals surface area contributed by atoms with Crippen LogP contribution in [-0.4, -0.2) is 9.13 Å². The van der Waals surface area contributed by atoms with Crippen molar-refractivity contribution >= 4 is 49.8 Å². The Morgan fingerprint density at radius 3 is 1.73 bits per heavy atom. The summed E-state index contributed by atoms with van der Waals surface area (Å²) in [6.07, 6.45) is 0. The van der Waals surface area contributed by atoms with Crippen molar-refractivity contribution in [2.24, 2.45) is 0 Å². The van der Waals surface area contributed by atoms with Crippen LogP contribution in [0.4, 0.5) is 17.1 Å². The van der Waals surface area contributed by atoms with Crippen molar-refractivity contribution < 1.29 is 0 Å². The number of rotatable bonds is 5. The average Bonchev–Trinajstić information content (AvgIpc) is 3.94.